The van der Waals surface area contributed by atoms with Gasteiger partial charge in [-0.05, 0) is 35.9 Å². The van der Waals surface area contributed by atoms with Gasteiger partial charge in [-0.15, -0.1) is 0 Å². The number of benzene rings is 1. The van der Waals surface area contributed by atoms with Gasteiger partial charge in [0.05, 0.1) is 31.3 Å². The SMILES string of the molecule is COc1cncc(-c2cnc3n[nH]c(-c4nc5nccc(-c6cc(F)cc(OC)c6)c5[nH]4)c3c2)c1. The van der Waals surface area contributed by atoms with Gasteiger partial charge in [-0.3, -0.25) is 10.1 Å². The Morgan fingerprint density at radius 2 is 1.66 bits per heavy atom. The molecule has 0 fully saturated rings. The van der Waals surface area contributed by atoms with Crippen LogP contribution >= 0.6 is 0 Å². The molecule has 0 atom stereocenters. The minimum absolute atomic E-state index is 0.394. The van der Waals surface area contributed by atoms with E-state index in [1.54, 1.807) is 44.0 Å². The molecule has 0 bridgehead atoms. The maximum Gasteiger partial charge on any atom is 0.181 e. The Hall–Kier alpha value is -4.86. The third kappa shape index (κ3) is 3.61. The molecule has 0 saturated heterocycles. The lowest BCUT2D eigenvalue weighted by molar-refractivity contribution is 0.411. The first kappa shape index (κ1) is 20.7. The average Bonchev–Trinajstić information content (AvgIpc) is 3.51. The Labute approximate surface area is 198 Å². The number of nitrogens with one attached hydrogen (secondary N) is 2. The first-order chi connectivity index (χ1) is 17.1. The third-order valence-electron chi connectivity index (χ3n) is 5.74. The summed E-state index contributed by atoms with van der Waals surface area (Å²) in [6.07, 6.45) is 6.76. The van der Waals surface area contributed by atoms with Gasteiger partial charge in [-0.25, -0.2) is 19.3 Å². The average molecular weight is 467 g/mol. The monoisotopic (exact) mass is 467 g/mol. The van der Waals surface area contributed by atoms with E-state index >= 15 is 0 Å². The van der Waals surface area contributed by atoms with Gasteiger partial charge in [0, 0.05) is 41.3 Å². The molecule has 0 unspecified atom stereocenters. The number of ether oxygens (including phenoxy) is 2. The lowest BCUT2D eigenvalue weighted by atomic mass is 10.1. The van der Waals surface area contributed by atoms with Gasteiger partial charge in [-0.2, -0.15) is 5.10 Å². The van der Waals surface area contributed by atoms with E-state index in [0.29, 0.717) is 45.4 Å². The number of aromatic amines is 2. The van der Waals surface area contributed by atoms with E-state index in [-0.39, 0.29) is 0 Å². The molecule has 0 aliphatic heterocycles. The number of hydrogen-bond donors (Lipinski definition) is 2. The summed E-state index contributed by atoms with van der Waals surface area (Å²) in [6.45, 7) is 0. The summed E-state index contributed by atoms with van der Waals surface area (Å²) in [5.41, 5.74) is 5.47. The van der Waals surface area contributed by atoms with E-state index in [0.717, 1.165) is 22.1 Å². The van der Waals surface area contributed by atoms with Crippen LogP contribution in [0.15, 0.2) is 61.2 Å². The Kier molecular flexibility index (Phi) is 4.84. The highest BCUT2D eigenvalue weighted by molar-refractivity contribution is 5.96. The van der Waals surface area contributed by atoms with Crippen molar-refractivity contribution < 1.29 is 13.9 Å². The molecule has 0 radical (unpaired) electrons. The molecule has 1 aromatic carbocycles. The van der Waals surface area contributed by atoms with Gasteiger partial charge in [0.25, 0.3) is 0 Å². The smallest absolute Gasteiger partial charge is 0.181 e. The fourth-order valence-electron chi connectivity index (χ4n) is 4.03. The third-order valence-corrected chi connectivity index (χ3v) is 5.74. The highest BCUT2D eigenvalue weighted by atomic mass is 19.1. The Balaban J connectivity index is 1.48. The van der Waals surface area contributed by atoms with Gasteiger partial charge in [0.1, 0.15) is 23.0 Å². The number of fused-ring (bicyclic) bond motifs is 2. The molecule has 0 aliphatic rings. The van der Waals surface area contributed by atoms with Crippen LogP contribution in [0.4, 0.5) is 4.39 Å². The van der Waals surface area contributed by atoms with Crippen LogP contribution < -0.4 is 9.47 Å². The molecule has 35 heavy (non-hydrogen) atoms. The predicted molar refractivity (Wildman–Crippen MR) is 129 cm³/mol. The summed E-state index contributed by atoms with van der Waals surface area (Å²) in [7, 11) is 3.10. The standard InChI is InChI=1S/C25H18FN7O2/c1-34-17-6-13(5-16(26)9-17)19-3-4-28-24-21(19)30-25(31-24)22-20-8-15(11-29-23(20)33-32-22)14-7-18(35-2)12-27-10-14/h3-12H,1-2H3,(H,28,30,31)(H,29,32,33). The molecule has 0 aliphatic carbocycles. The molecular formula is C25H18FN7O2. The minimum Gasteiger partial charge on any atom is -0.497 e. The molecule has 9 nitrogen and oxygen atoms in total. The number of hydrogen-bond acceptors (Lipinski definition) is 7. The summed E-state index contributed by atoms with van der Waals surface area (Å²) >= 11 is 0. The summed E-state index contributed by atoms with van der Waals surface area (Å²) in [5, 5.41) is 8.13. The lowest BCUT2D eigenvalue weighted by Crippen LogP contribution is -1.88. The number of imidazole rings is 1. The maximum atomic E-state index is 14.2. The van der Waals surface area contributed by atoms with Crippen molar-refractivity contribution in [3.8, 4) is 45.3 Å². The zero-order valence-electron chi connectivity index (χ0n) is 18.7. The van der Waals surface area contributed by atoms with E-state index < -0.39 is 5.82 Å². The number of halogens is 1. The highest BCUT2D eigenvalue weighted by Gasteiger charge is 2.17. The van der Waals surface area contributed by atoms with Crippen LogP contribution in [0, 0.1) is 5.82 Å². The van der Waals surface area contributed by atoms with Crippen molar-refractivity contribution in [2.24, 2.45) is 0 Å². The summed E-state index contributed by atoms with van der Waals surface area (Å²) in [4.78, 5) is 21.1. The van der Waals surface area contributed by atoms with Crippen LogP contribution in [0.5, 0.6) is 11.5 Å². The largest absolute Gasteiger partial charge is 0.497 e. The summed E-state index contributed by atoms with van der Waals surface area (Å²) < 4.78 is 24.7. The lowest BCUT2D eigenvalue weighted by Gasteiger charge is -2.06. The first-order valence-electron chi connectivity index (χ1n) is 10.7. The number of pyridine rings is 3. The molecule has 0 amide bonds. The normalized spacial score (nSPS) is 11.3. The van der Waals surface area contributed by atoms with E-state index in [4.69, 9.17) is 9.47 Å². The number of aromatic nitrogens is 7. The van der Waals surface area contributed by atoms with Crippen molar-refractivity contribution >= 4 is 22.2 Å². The molecular weight excluding hydrogens is 449 g/mol. The number of H-pyrrole nitrogens is 2. The summed E-state index contributed by atoms with van der Waals surface area (Å²) in [6, 6.07) is 10.2. The van der Waals surface area contributed by atoms with Gasteiger partial charge in [-0.1, -0.05) is 0 Å². The van der Waals surface area contributed by atoms with E-state index in [1.807, 2.05) is 12.1 Å². The van der Waals surface area contributed by atoms with E-state index in [2.05, 4.69) is 35.1 Å². The van der Waals surface area contributed by atoms with Gasteiger partial charge in [0.15, 0.2) is 17.1 Å². The second kappa shape index (κ2) is 8.17. The van der Waals surface area contributed by atoms with Crippen LogP contribution in [0.3, 0.4) is 0 Å². The summed E-state index contributed by atoms with van der Waals surface area (Å²) in [5.74, 6) is 1.22. The molecule has 6 aromatic rings. The van der Waals surface area contributed by atoms with Crippen LogP contribution in [-0.2, 0) is 0 Å². The van der Waals surface area contributed by atoms with Crippen molar-refractivity contribution in [2.75, 3.05) is 14.2 Å². The molecule has 5 heterocycles. The van der Waals surface area contributed by atoms with E-state index in [9.17, 15) is 4.39 Å². The number of rotatable bonds is 5. The van der Waals surface area contributed by atoms with Crippen molar-refractivity contribution in [1.29, 1.82) is 0 Å². The van der Waals surface area contributed by atoms with Crippen LogP contribution in [0.25, 0.3) is 56.0 Å². The Bertz CT molecular complexity index is 1710. The Morgan fingerprint density at radius 1 is 0.829 bits per heavy atom. The molecule has 0 spiro atoms. The van der Waals surface area contributed by atoms with Crippen LogP contribution in [0.1, 0.15) is 0 Å². The van der Waals surface area contributed by atoms with Crippen molar-refractivity contribution in [1.82, 2.24) is 35.1 Å². The van der Waals surface area contributed by atoms with Crippen LogP contribution in [-0.4, -0.2) is 49.3 Å². The van der Waals surface area contributed by atoms with Gasteiger partial charge < -0.3 is 14.5 Å². The Morgan fingerprint density at radius 3 is 2.51 bits per heavy atom. The highest BCUT2D eigenvalue weighted by Crippen LogP contribution is 2.33. The molecule has 5 aromatic heterocycles. The zero-order valence-corrected chi connectivity index (χ0v) is 18.7. The topological polar surface area (TPSA) is 114 Å². The molecule has 6 rings (SSSR count). The van der Waals surface area contributed by atoms with Crippen molar-refractivity contribution in [3.63, 3.8) is 0 Å². The molecule has 0 saturated carbocycles. The van der Waals surface area contributed by atoms with Crippen LogP contribution in [0.2, 0.25) is 0 Å². The maximum absolute atomic E-state index is 14.2. The fourth-order valence-corrected chi connectivity index (χ4v) is 4.03. The quantitative estimate of drug-likeness (QED) is 0.375. The van der Waals surface area contributed by atoms with Gasteiger partial charge >= 0.3 is 0 Å². The van der Waals surface area contributed by atoms with E-state index in [1.165, 1.54) is 19.2 Å². The number of methoxy groups -OCH3 is 2. The molecule has 10 heteroatoms. The first-order valence-corrected chi connectivity index (χ1v) is 10.7. The van der Waals surface area contributed by atoms with Gasteiger partial charge in [0.2, 0.25) is 0 Å². The minimum atomic E-state index is -0.394. The van der Waals surface area contributed by atoms with Crippen molar-refractivity contribution in [3.05, 3.63) is 67.0 Å². The number of nitrogens with zero attached hydrogens (tertiary/aromatic N) is 5. The second-order valence-corrected chi connectivity index (χ2v) is 7.83. The fraction of sp³-hybridized carbons (Fsp3) is 0.0800. The molecule has 2 N–H and O–H groups in total. The zero-order chi connectivity index (χ0) is 23.9. The predicted octanol–water partition coefficient (Wildman–Crippen LogP) is 4.78. The molecule has 172 valence electrons. The van der Waals surface area contributed by atoms with Crippen molar-refractivity contribution in [2.45, 2.75) is 0 Å². The second-order valence-electron chi connectivity index (χ2n) is 7.83.